The van der Waals surface area contributed by atoms with Crippen molar-refractivity contribution in [2.75, 3.05) is 133 Å². The molecule has 0 saturated heterocycles. The van der Waals surface area contributed by atoms with Crippen LogP contribution in [0.25, 0.3) is 0 Å². The van der Waals surface area contributed by atoms with Crippen molar-refractivity contribution in [3.63, 3.8) is 0 Å². The van der Waals surface area contributed by atoms with E-state index in [9.17, 15) is 30.6 Å². The van der Waals surface area contributed by atoms with Gasteiger partial charge in [0.15, 0.2) is 0 Å². The summed E-state index contributed by atoms with van der Waals surface area (Å²) in [7, 11) is 0. The lowest BCUT2D eigenvalue weighted by atomic mass is 10.2. The zero-order valence-electron chi connectivity index (χ0n) is 37.7. The average Bonchev–Trinajstić information content (AvgIpc) is 3.35. The lowest BCUT2D eigenvalue weighted by Crippen LogP contribution is -2.49. The van der Waals surface area contributed by atoms with Gasteiger partial charge in [-0.25, -0.2) is 0 Å². The molecule has 6 N–H and O–H groups in total. The number of nitrogens with zero attached hydrogens (tertiary/aromatic N) is 4. The molecule has 4 rings (SSSR count). The average molecular weight is 927 g/mol. The first kappa shape index (κ1) is 54.1. The quantitative estimate of drug-likeness (QED) is 0.0353. The van der Waals surface area contributed by atoms with Crippen molar-refractivity contribution >= 4 is 0 Å². The zero-order chi connectivity index (χ0) is 46.9. The van der Waals surface area contributed by atoms with Crippen LogP contribution in [0.15, 0.2) is 121 Å². The van der Waals surface area contributed by atoms with Gasteiger partial charge in [-0.3, -0.25) is 19.6 Å². The summed E-state index contributed by atoms with van der Waals surface area (Å²) < 4.78 is 46.7. The highest BCUT2D eigenvalue weighted by molar-refractivity contribution is 5.23. The highest BCUT2D eigenvalue weighted by Crippen LogP contribution is 2.15. The van der Waals surface area contributed by atoms with E-state index in [4.69, 9.17) is 37.9 Å². The maximum Gasteiger partial charge on any atom is 0.144 e. The van der Waals surface area contributed by atoms with E-state index in [2.05, 4.69) is 9.80 Å². The number of hydrogen-bond donors (Lipinski definition) is 6. The molecule has 0 fully saturated rings. The van der Waals surface area contributed by atoms with Crippen LogP contribution in [0.3, 0.4) is 0 Å². The Balaban J connectivity index is 1.51. The van der Waals surface area contributed by atoms with Gasteiger partial charge in [-0.05, 0) is 48.5 Å². The lowest BCUT2D eigenvalue weighted by molar-refractivity contribution is -0.0955. The van der Waals surface area contributed by atoms with Crippen LogP contribution in [-0.2, 0) is 18.9 Å². The highest BCUT2D eigenvalue weighted by Gasteiger charge is 2.24. The van der Waals surface area contributed by atoms with Gasteiger partial charge in [0.25, 0.3) is 0 Å². The van der Waals surface area contributed by atoms with E-state index in [-0.39, 0.29) is 53.0 Å². The predicted molar refractivity (Wildman–Crippen MR) is 246 cm³/mol. The predicted octanol–water partition coefficient (Wildman–Crippen LogP) is 1.75. The van der Waals surface area contributed by atoms with Gasteiger partial charge < -0.3 is 68.5 Å². The van der Waals surface area contributed by atoms with Gasteiger partial charge in [-0.1, -0.05) is 72.8 Å². The molecule has 18 heteroatoms. The second kappa shape index (κ2) is 33.9. The summed E-state index contributed by atoms with van der Waals surface area (Å²) in [4.78, 5) is 7.89. The van der Waals surface area contributed by atoms with Crippen molar-refractivity contribution in [1.82, 2.24) is 19.6 Å². The SMILES string of the molecule is OCOC(COc1ccccc1)CN(CO)CCN(CCN(CO)CC(COc1ccccc1)OCO)CCN(CC(COc1ccccc1)OCO)CC(COc1ccccc1)OCO. The normalized spacial score (nSPS) is 13.5. The first-order chi connectivity index (χ1) is 32.4. The molecule has 0 heterocycles. The molecule has 0 spiro atoms. The van der Waals surface area contributed by atoms with E-state index in [1.807, 2.05) is 121 Å². The van der Waals surface area contributed by atoms with Crippen LogP contribution < -0.4 is 18.9 Å². The summed E-state index contributed by atoms with van der Waals surface area (Å²) in [5, 5.41) is 60.2. The molecule has 0 bridgehead atoms. The number of para-hydroxylation sites is 4. The van der Waals surface area contributed by atoms with Gasteiger partial charge in [0, 0.05) is 65.4 Å². The molecule has 18 nitrogen and oxygen atoms in total. The van der Waals surface area contributed by atoms with Gasteiger partial charge in [0.1, 0.15) is 101 Å². The van der Waals surface area contributed by atoms with Crippen LogP contribution in [0.2, 0.25) is 0 Å². The summed E-state index contributed by atoms with van der Waals surface area (Å²) in [5.41, 5.74) is 0. The van der Waals surface area contributed by atoms with E-state index in [0.717, 1.165) is 0 Å². The largest absolute Gasteiger partial charge is 0.491 e. The van der Waals surface area contributed by atoms with Crippen molar-refractivity contribution < 1.29 is 68.5 Å². The monoisotopic (exact) mass is 926 g/mol. The van der Waals surface area contributed by atoms with E-state index < -0.39 is 51.6 Å². The second-order valence-electron chi connectivity index (χ2n) is 15.2. The molecular weight excluding hydrogens is 857 g/mol. The van der Waals surface area contributed by atoms with Crippen molar-refractivity contribution in [3.8, 4) is 23.0 Å². The minimum absolute atomic E-state index is 0.143. The van der Waals surface area contributed by atoms with Crippen LogP contribution >= 0.6 is 0 Å². The Bertz CT molecular complexity index is 1610. The molecule has 4 aromatic carbocycles. The molecule has 0 aliphatic rings. The molecule has 0 amide bonds. The van der Waals surface area contributed by atoms with Gasteiger partial charge in [-0.15, -0.1) is 0 Å². The molecule has 0 aromatic heterocycles. The smallest absolute Gasteiger partial charge is 0.144 e. The molecule has 0 saturated carbocycles. The molecule has 366 valence electrons. The summed E-state index contributed by atoms with van der Waals surface area (Å²) in [6.45, 7) is 1.71. The third-order valence-electron chi connectivity index (χ3n) is 10.4. The van der Waals surface area contributed by atoms with E-state index in [1.165, 1.54) is 0 Å². The number of aliphatic hydroxyl groups is 6. The Kier molecular flexibility index (Phi) is 27.8. The van der Waals surface area contributed by atoms with Gasteiger partial charge in [0.2, 0.25) is 0 Å². The Morgan fingerprint density at radius 1 is 0.303 bits per heavy atom. The van der Waals surface area contributed by atoms with Crippen LogP contribution in [0.1, 0.15) is 0 Å². The summed E-state index contributed by atoms with van der Waals surface area (Å²) in [6.07, 6.45) is -2.24. The summed E-state index contributed by atoms with van der Waals surface area (Å²) >= 11 is 0. The Labute approximate surface area is 388 Å². The van der Waals surface area contributed by atoms with Gasteiger partial charge in [0.05, 0.1) is 13.5 Å². The molecule has 0 radical (unpaired) electrons. The van der Waals surface area contributed by atoms with Crippen molar-refractivity contribution in [2.24, 2.45) is 0 Å². The first-order valence-corrected chi connectivity index (χ1v) is 22.2. The minimum atomic E-state index is -0.564. The Hall–Kier alpha value is -4.48. The highest BCUT2D eigenvalue weighted by atomic mass is 16.6. The summed E-state index contributed by atoms with van der Waals surface area (Å²) in [5.74, 6) is 2.60. The van der Waals surface area contributed by atoms with Crippen LogP contribution in [0.4, 0.5) is 0 Å². The maximum atomic E-state index is 10.5. The van der Waals surface area contributed by atoms with Crippen molar-refractivity contribution in [2.45, 2.75) is 24.4 Å². The molecular formula is C48H70N4O14. The summed E-state index contributed by atoms with van der Waals surface area (Å²) in [6, 6.07) is 37.1. The molecule has 0 aliphatic heterocycles. The van der Waals surface area contributed by atoms with Crippen LogP contribution in [0.5, 0.6) is 23.0 Å². The molecule has 4 unspecified atom stereocenters. The number of aliphatic hydroxyl groups excluding tert-OH is 6. The molecule has 4 atom stereocenters. The second-order valence-corrected chi connectivity index (χ2v) is 15.2. The first-order valence-electron chi connectivity index (χ1n) is 22.2. The number of ether oxygens (including phenoxy) is 8. The third-order valence-corrected chi connectivity index (χ3v) is 10.4. The number of hydrogen-bond acceptors (Lipinski definition) is 18. The fourth-order valence-electron chi connectivity index (χ4n) is 6.89. The van der Waals surface area contributed by atoms with Crippen LogP contribution in [-0.4, -0.2) is 207 Å². The van der Waals surface area contributed by atoms with E-state index in [0.29, 0.717) is 75.4 Å². The Morgan fingerprint density at radius 2 is 0.530 bits per heavy atom. The zero-order valence-corrected chi connectivity index (χ0v) is 37.7. The van der Waals surface area contributed by atoms with Gasteiger partial charge in [-0.2, -0.15) is 0 Å². The van der Waals surface area contributed by atoms with E-state index >= 15 is 0 Å². The topological polar surface area (TPSA) is 208 Å². The van der Waals surface area contributed by atoms with Crippen molar-refractivity contribution in [1.29, 1.82) is 0 Å². The van der Waals surface area contributed by atoms with Crippen molar-refractivity contribution in [3.05, 3.63) is 121 Å². The molecule has 0 aliphatic carbocycles. The minimum Gasteiger partial charge on any atom is -0.491 e. The standard InChI is InChI=1S/C48H70N4O14/c53-35-51(29-47(65-39-57)33-61-43-17-9-3-10-18-43)25-22-49(23-26-52(36-54)30-48(66-40-58)34-62-44-19-11-4-12-20-44)21-24-50(27-45(63-37-55)31-59-41-13-5-1-6-14-41)28-46(64-38-56)32-60-42-15-7-2-8-16-42/h1-20,45-48,53-58H,21-40H2. The number of rotatable bonds is 39. The maximum absolute atomic E-state index is 10.5. The number of benzene rings is 4. The molecule has 66 heavy (non-hydrogen) atoms. The Morgan fingerprint density at radius 3 is 0.773 bits per heavy atom. The molecule has 4 aromatic rings. The third kappa shape index (κ3) is 22.8. The fourth-order valence-corrected chi connectivity index (χ4v) is 6.89. The van der Waals surface area contributed by atoms with Crippen LogP contribution in [0, 0.1) is 0 Å². The lowest BCUT2D eigenvalue weighted by Gasteiger charge is -2.34. The van der Waals surface area contributed by atoms with E-state index in [1.54, 1.807) is 9.80 Å². The fraction of sp³-hybridized carbons (Fsp3) is 0.500. The van der Waals surface area contributed by atoms with Gasteiger partial charge >= 0.3 is 0 Å².